The highest BCUT2D eigenvalue weighted by Gasteiger charge is 2.07. The predicted octanol–water partition coefficient (Wildman–Crippen LogP) is 1.89. The molecule has 5 nitrogen and oxygen atoms in total. The second kappa shape index (κ2) is 7.31. The Balaban J connectivity index is 2.06. The normalized spacial score (nSPS) is 11.4. The minimum Gasteiger partial charge on any atom is -0.489 e. The van der Waals surface area contributed by atoms with Crippen molar-refractivity contribution in [2.24, 2.45) is 10.9 Å². The lowest BCUT2D eigenvalue weighted by molar-refractivity contribution is 0.298. The lowest BCUT2D eigenvalue weighted by Gasteiger charge is -2.10. The van der Waals surface area contributed by atoms with E-state index in [1.54, 1.807) is 6.07 Å². The summed E-state index contributed by atoms with van der Waals surface area (Å²) in [5, 5.41) is 20.7. The maximum absolute atomic E-state index is 8.87. The largest absolute Gasteiger partial charge is 0.489 e. The predicted molar refractivity (Wildman–Crippen MR) is 80.5 cm³/mol. The Kier molecular flexibility index (Phi) is 5.17. The van der Waals surface area contributed by atoms with Gasteiger partial charge < -0.3 is 20.8 Å². The van der Waals surface area contributed by atoms with E-state index in [0.29, 0.717) is 18.6 Å². The van der Waals surface area contributed by atoms with Crippen LogP contribution in [0, 0.1) is 0 Å². The molecule has 0 atom stereocenters. The number of ether oxygens (including phenoxy) is 1. The molecule has 2 rings (SSSR count). The molecule has 0 aliphatic carbocycles. The third kappa shape index (κ3) is 3.97. The summed E-state index contributed by atoms with van der Waals surface area (Å²) in [6.07, 6.45) is 0.632. The van der Waals surface area contributed by atoms with E-state index in [9.17, 15) is 0 Å². The Labute approximate surface area is 123 Å². The average Bonchev–Trinajstić information content (AvgIpc) is 2.54. The van der Waals surface area contributed by atoms with Gasteiger partial charge in [0.25, 0.3) is 0 Å². The second-order valence-corrected chi connectivity index (χ2v) is 4.55. The molecule has 0 fully saturated rings. The van der Waals surface area contributed by atoms with Crippen LogP contribution in [0.3, 0.4) is 0 Å². The zero-order valence-electron chi connectivity index (χ0n) is 11.6. The quantitative estimate of drug-likeness (QED) is 0.327. The van der Waals surface area contributed by atoms with E-state index < -0.39 is 0 Å². The third-order valence-corrected chi connectivity index (χ3v) is 3.12. The van der Waals surface area contributed by atoms with Gasteiger partial charge in [-0.25, -0.2) is 0 Å². The summed E-state index contributed by atoms with van der Waals surface area (Å²) in [7, 11) is 0. The summed E-state index contributed by atoms with van der Waals surface area (Å²) in [4.78, 5) is 0. The van der Waals surface area contributed by atoms with Gasteiger partial charge in [-0.1, -0.05) is 41.6 Å². The molecular formula is C16H18N2O3. The topological polar surface area (TPSA) is 88.1 Å². The lowest BCUT2D eigenvalue weighted by Crippen LogP contribution is -2.16. The van der Waals surface area contributed by atoms with Gasteiger partial charge in [0.2, 0.25) is 0 Å². The number of rotatable bonds is 6. The zero-order valence-corrected chi connectivity index (χ0v) is 11.6. The number of nitrogens with two attached hydrogens (primary N) is 1. The Morgan fingerprint density at radius 2 is 1.81 bits per heavy atom. The molecule has 110 valence electrons. The minimum absolute atomic E-state index is 0.0625. The van der Waals surface area contributed by atoms with Crippen molar-refractivity contribution in [1.29, 1.82) is 0 Å². The molecule has 0 bridgehead atoms. The number of benzene rings is 2. The van der Waals surface area contributed by atoms with Crippen molar-refractivity contribution in [2.45, 2.75) is 13.0 Å². The van der Waals surface area contributed by atoms with Crippen molar-refractivity contribution in [1.82, 2.24) is 0 Å². The molecule has 0 radical (unpaired) electrons. The number of hydrogen-bond acceptors (Lipinski definition) is 4. The summed E-state index contributed by atoms with van der Waals surface area (Å²) >= 11 is 0. The zero-order chi connectivity index (χ0) is 15.1. The van der Waals surface area contributed by atoms with Crippen LogP contribution in [-0.2, 0) is 13.0 Å². The van der Waals surface area contributed by atoms with Crippen LogP contribution in [-0.4, -0.2) is 22.8 Å². The van der Waals surface area contributed by atoms with Crippen LogP contribution in [0.2, 0.25) is 0 Å². The molecule has 2 aromatic rings. The maximum atomic E-state index is 8.87. The van der Waals surface area contributed by atoms with Crippen LogP contribution in [0.1, 0.15) is 16.7 Å². The van der Waals surface area contributed by atoms with Crippen molar-refractivity contribution in [3.05, 3.63) is 65.2 Å². The van der Waals surface area contributed by atoms with Gasteiger partial charge >= 0.3 is 0 Å². The first-order valence-electron chi connectivity index (χ1n) is 6.63. The van der Waals surface area contributed by atoms with Crippen molar-refractivity contribution >= 4 is 5.84 Å². The van der Waals surface area contributed by atoms with Crippen LogP contribution >= 0.6 is 0 Å². The van der Waals surface area contributed by atoms with Crippen LogP contribution in [0.15, 0.2) is 53.7 Å². The van der Waals surface area contributed by atoms with E-state index in [2.05, 4.69) is 5.16 Å². The van der Waals surface area contributed by atoms with E-state index in [1.165, 1.54) is 0 Å². The molecule has 2 aromatic carbocycles. The van der Waals surface area contributed by atoms with Crippen LogP contribution in [0.5, 0.6) is 5.75 Å². The van der Waals surface area contributed by atoms with E-state index in [0.717, 1.165) is 16.9 Å². The van der Waals surface area contributed by atoms with Gasteiger partial charge in [-0.3, -0.25) is 0 Å². The maximum Gasteiger partial charge on any atom is 0.170 e. The van der Waals surface area contributed by atoms with Crippen LogP contribution in [0.25, 0.3) is 0 Å². The van der Waals surface area contributed by atoms with Gasteiger partial charge in [0.05, 0.1) is 0 Å². The first-order valence-corrected chi connectivity index (χ1v) is 6.63. The molecule has 0 unspecified atom stereocenters. The molecule has 0 amide bonds. The number of aliphatic hydroxyl groups is 1. The van der Waals surface area contributed by atoms with Gasteiger partial charge in [-0.15, -0.1) is 0 Å². The standard InChI is InChI=1S/C16H18N2O3/c17-16(18-20)15-4-2-1-3-13(15)11-21-14-7-5-12(6-8-14)9-10-19/h1-8,19-20H,9-11H2,(H2,17,18). The second-order valence-electron chi connectivity index (χ2n) is 4.55. The molecule has 4 N–H and O–H groups in total. The minimum atomic E-state index is 0.0625. The SMILES string of the molecule is N/C(=N/O)c1ccccc1COc1ccc(CCO)cc1. The molecule has 5 heteroatoms. The molecule has 21 heavy (non-hydrogen) atoms. The molecular weight excluding hydrogens is 268 g/mol. The van der Waals surface area contributed by atoms with E-state index in [1.807, 2.05) is 42.5 Å². The van der Waals surface area contributed by atoms with Crippen molar-refractivity contribution in [3.8, 4) is 5.75 Å². The highest BCUT2D eigenvalue weighted by Crippen LogP contribution is 2.16. The highest BCUT2D eigenvalue weighted by atomic mass is 16.5. The van der Waals surface area contributed by atoms with Gasteiger partial charge in [-0.2, -0.15) is 0 Å². The van der Waals surface area contributed by atoms with E-state index in [-0.39, 0.29) is 12.4 Å². The molecule has 0 spiro atoms. The Hall–Kier alpha value is -2.53. The molecule has 0 saturated heterocycles. The Morgan fingerprint density at radius 1 is 1.10 bits per heavy atom. The fourth-order valence-corrected chi connectivity index (χ4v) is 1.99. The molecule has 0 saturated carbocycles. The molecule has 0 heterocycles. The summed E-state index contributed by atoms with van der Waals surface area (Å²) in [5.41, 5.74) is 8.19. The Morgan fingerprint density at radius 3 is 2.48 bits per heavy atom. The first kappa shape index (κ1) is 14.9. The fourth-order valence-electron chi connectivity index (χ4n) is 1.99. The first-order chi connectivity index (χ1) is 10.2. The Bertz CT molecular complexity index is 609. The molecule has 0 aromatic heterocycles. The van der Waals surface area contributed by atoms with Crippen molar-refractivity contribution < 1.29 is 15.1 Å². The highest BCUT2D eigenvalue weighted by molar-refractivity contribution is 5.98. The average molecular weight is 286 g/mol. The number of oxime groups is 1. The smallest absolute Gasteiger partial charge is 0.170 e. The number of amidine groups is 1. The van der Waals surface area contributed by atoms with Gasteiger partial charge in [0, 0.05) is 17.7 Å². The van der Waals surface area contributed by atoms with Crippen LogP contribution in [0.4, 0.5) is 0 Å². The van der Waals surface area contributed by atoms with Gasteiger partial charge in [-0.05, 0) is 24.1 Å². The monoisotopic (exact) mass is 286 g/mol. The van der Waals surface area contributed by atoms with Crippen molar-refractivity contribution in [3.63, 3.8) is 0 Å². The summed E-state index contributed by atoms with van der Waals surface area (Å²) < 4.78 is 5.71. The summed E-state index contributed by atoms with van der Waals surface area (Å²) in [6, 6.07) is 14.9. The van der Waals surface area contributed by atoms with Gasteiger partial charge in [0.15, 0.2) is 5.84 Å². The van der Waals surface area contributed by atoms with Gasteiger partial charge in [0.1, 0.15) is 12.4 Å². The van der Waals surface area contributed by atoms with Crippen molar-refractivity contribution in [2.75, 3.05) is 6.61 Å². The number of nitrogens with zero attached hydrogens (tertiary/aromatic N) is 1. The van der Waals surface area contributed by atoms with E-state index in [4.69, 9.17) is 20.8 Å². The molecule has 0 aliphatic heterocycles. The third-order valence-electron chi connectivity index (χ3n) is 3.12. The number of aliphatic hydroxyl groups excluding tert-OH is 1. The fraction of sp³-hybridized carbons (Fsp3) is 0.188. The number of hydrogen-bond donors (Lipinski definition) is 3. The summed E-state index contributed by atoms with van der Waals surface area (Å²) in [6.45, 7) is 0.457. The lowest BCUT2D eigenvalue weighted by atomic mass is 10.1. The summed E-state index contributed by atoms with van der Waals surface area (Å²) in [5.74, 6) is 0.790. The van der Waals surface area contributed by atoms with E-state index >= 15 is 0 Å². The van der Waals surface area contributed by atoms with Crippen LogP contribution < -0.4 is 10.5 Å². The molecule has 0 aliphatic rings.